The summed E-state index contributed by atoms with van der Waals surface area (Å²) >= 11 is 5.78. The van der Waals surface area contributed by atoms with Crippen LogP contribution < -0.4 is 17.1 Å². The van der Waals surface area contributed by atoms with Crippen LogP contribution in [0.1, 0.15) is 35.8 Å². The minimum absolute atomic E-state index is 0.0460. The predicted molar refractivity (Wildman–Crippen MR) is 93.5 cm³/mol. The Morgan fingerprint density at radius 3 is 2.41 bits per heavy atom. The number of aromatic nitrogens is 2. The molecule has 29 heavy (non-hydrogen) atoms. The number of carbonyl (C=O) groups excluding carboxylic acids is 1. The highest BCUT2D eigenvalue weighted by Crippen LogP contribution is 2.24. The van der Waals surface area contributed by atoms with Crippen molar-refractivity contribution in [3.63, 3.8) is 0 Å². The van der Waals surface area contributed by atoms with Gasteiger partial charge in [0.2, 0.25) is 0 Å². The SMILES string of the molecule is CCC(OC(=O)c1cc(-n2c(=O)cc(C(F)F)n(N)c2=O)c(F)cc1Cl)C(=O)O. The van der Waals surface area contributed by atoms with E-state index < -0.39 is 63.5 Å². The largest absolute Gasteiger partial charge is 0.479 e. The van der Waals surface area contributed by atoms with Gasteiger partial charge in [0.05, 0.1) is 16.3 Å². The summed E-state index contributed by atoms with van der Waals surface area (Å²) < 4.78 is 44.9. The summed E-state index contributed by atoms with van der Waals surface area (Å²) in [5.41, 5.74) is -5.33. The summed E-state index contributed by atoms with van der Waals surface area (Å²) in [5.74, 6) is 1.29. The summed E-state index contributed by atoms with van der Waals surface area (Å²) in [4.78, 5) is 47.6. The van der Waals surface area contributed by atoms with Crippen molar-refractivity contribution in [3.05, 3.63) is 61.1 Å². The first-order valence-corrected chi connectivity index (χ1v) is 8.22. The van der Waals surface area contributed by atoms with Gasteiger partial charge in [-0.25, -0.2) is 36.8 Å². The molecule has 0 saturated carbocycles. The van der Waals surface area contributed by atoms with Gasteiger partial charge in [0.1, 0.15) is 11.5 Å². The van der Waals surface area contributed by atoms with E-state index in [4.69, 9.17) is 27.3 Å². The summed E-state index contributed by atoms with van der Waals surface area (Å²) in [7, 11) is 0. The number of rotatable bonds is 6. The molecule has 0 amide bonds. The van der Waals surface area contributed by atoms with Crippen molar-refractivity contribution >= 4 is 23.5 Å². The molecule has 0 aliphatic carbocycles. The van der Waals surface area contributed by atoms with Gasteiger partial charge in [-0.3, -0.25) is 4.79 Å². The zero-order valence-electron chi connectivity index (χ0n) is 14.6. The number of alkyl halides is 2. The van der Waals surface area contributed by atoms with Gasteiger partial charge < -0.3 is 15.7 Å². The van der Waals surface area contributed by atoms with Gasteiger partial charge in [0.15, 0.2) is 6.10 Å². The van der Waals surface area contributed by atoms with Gasteiger partial charge in [-0.1, -0.05) is 18.5 Å². The second-order valence-corrected chi connectivity index (χ2v) is 6.03. The van der Waals surface area contributed by atoms with Crippen LogP contribution in [0.15, 0.2) is 27.8 Å². The van der Waals surface area contributed by atoms with E-state index in [2.05, 4.69) is 0 Å². The zero-order chi connectivity index (χ0) is 22.0. The van der Waals surface area contributed by atoms with Gasteiger partial charge in [-0.2, -0.15) is 0 Å². The Labute approximate surface area is 164 Å². The number of carboxylic acids is 1. The molecule has 1 heterocycles. The number of carbonyl (C=O) groups is 2. The summed E-state index contributed by atoms with van der Waals surface area (Å²) in [6.07, 6.45) is -4.86. The van der Waals surface area contributed by atoms with E-state index in [9.17, 15) is 32.3 Å². The van der Waals surface area contributed by atoms with Crippen molar-refractivity contribution in [3.8, 4) is 5.69 Å². The third-order valence-corrected chi connectivity index (χ3v) is 4.10. The molecule has 1 aromatic heterocycles. The van der Waals surface area contributed by atoms with Crippen LogP contribution in [0.5, 0.6) is 0 Å². The summed E-state index contributed by atoms with van der Waals surface area (Å²) in [6.45, 7) is 1.43. The van der Waals surface area contributed by atoms with Crippen LogP contribution in [0, 0.1) is 5.82 Å². The van der Waals surface area contributed by atoms with Crippen LogP contribution >= 0.6 is 11.6 Å². The highest BCUT2D eigenvalue weighted by Gasteiger charge is 2.25. The van der Waals surface area contributed by atoms with Gasteiger partial charge in [-0.05, 0) is 18.6 Å². The number of benzene rings is 1. The number of halogens is 4. The maximum atomic E-state index is 14.4. The summed E-state index contributed by atoms with van der Waals surface area (Å²) in [5, 5.41) is 8.46. The first-order valence-electron chi connectivity index (χ1n) is 7.85. The van der Waals surface area contributed by atoms with Crippen LogP contribution in [0.25, 0.3) is 5.69 Å². The van der Waals surface area contributed by atoms with E-state index in [0.717, 1.165) is 0 Å². The van der Waals surface area contributed by atoms with Crippen LogP contribution in [-0.4, -0.2) is 32.4 Å². The first kappa shape index (κ1) is 22.0. The van der Waals surface area contributed by atoms with Gasteiger partial charge in [0, 0.05) is 6.07 Å². The van der Waals surface area contributed by atoms with E-state index in [1.54, 1.807) is 0 Å². The van der Waals surface area contributed by atoms with Crippen LogP contribution in [0.4, 0.5) is 13.2 Å². The van der Waals surface area contributed by atoms with E-state index in [0.29, 0.717) is 18.2 Å². The molecule has 1 unspecified atom stereocenters. The van der Waals surface area contributed by atoms with Crippen molar-refractivity contribution < 1.29 is 32.6 Å². The molecule has 0 spiro atoms. The van der Waals surface area contributed by atoms with Crippen molar-refractivity contribution in [1.82, 2.24) is 9.24 Å². The molecular formula is C16H13ClF3N3O6. The molecule has 1 aromatic carbocycles. The molecular weight excluding hydrogens is 423 g/mol. The molecule has 0 bridgehead atoms. The maximum Gasteiger partial charge on any atom is 0.354 e. The number of ether oxygens (including phenoxy) is 1. The Hall–Kier alpha value is -3.28. The average Bonchev–Trinajstić information content (AvgIpc) is 2.63. The van der Waals surface area contributed by atoms with Crippen molar-refractivity contribution in [1.29, 1.82) is 0 Å². The van der Waals surface area contributed by atoms with Crippen molar-refractivity contribution in [2.75, 3.05) is 5.84 Å². The standard InChI is InChI=1S/C16H13ClF3N3O6/c1-2-11(14(25)26)29-15(27)6-3-9(8(18)4-7(6)17)22-12(24)5-10(13(19)20)23(21)16(22)28/h3-5,11,13H,2,21H2,1H3,(H,25,26). The molecule has 0 radical (unpaired) electrons. The number of hydrogen-bond acceptors (Lipinski definition) is 6. The van der Waals surface area contributed by atoms with Crippen LogP contribution in [0.2, 0.25) is 5.02 Å². The Kier molecular flexibility index (Phi) is 6.37. The molecule has 0 aliphatic rings. The van der Waals surface area contributed by atoms with Crippen LogP contribution in [-0.2, 0) is 9.53 Å². The third kappa shape index (κ3) is 4.26. The molecule has 0 aliphatic heterocycles. The number of esters is 1. The smallest absolute Gasteiger partial charge is 0.354 e. The predicted octanol–water partition coefficient (Wildman–Crippen LogP) is 1.46. The molecule has 156 valence electrons. The zero-order valence-corrected chi connectivity index (χ0v) is 15.3. The van der Waals surface area contributed by atoms with Crippen molar-refractivity contribution in [2.24, 2.45) is 0 Å². The van der Waals surface area contributed by atoms with E-state index in [-0.39, 0.29) is 15.7 Å². The Morgan fingerprint density at radius 2 is 1.90 bits per heavy atom. The van der Waals surface area contributed by atoms with E-state index >= 15 is 0 Å². The number of carboxylic acid groups (broad SMARTS) is 1. The van der Waals surface area contributed by atoms with Gasteiger partial charge >= 0.3 is 17.6 Å². The van der Waals surface area contributed by atoms with Gasteiger partial charge in [0.25, 0.3) is 12.0 Å². The molecule has 2 rings (SSSR count). The second-order valence-electron chi connectivity index (χ2n) is 5.62. The topological polar surface area (TPSA) is 134 Å². The number of nitrogens with two attached hydrogens (primary N) is 1. The third-order valence-electron chi connectivity index (χ3n) is 3.78. The van der Waals surface area contributed by atoms with E-state index in [1.807, 2.05) is 0 Å². The fourth-order valence-electron chi connectivity index (χ4n) is 2.33. The molecule has 3 N–H and O–H groups in total. The lowest BCUT2D eigenvalue weighted by Gasteiger charge is -2.15. The maximum absolute atomic E-state index is 14.4. The van der Waals surface area contributed by atoms with Crippen molar-refractivity contribution in [2.45, 2.75) is 25.9 Å². The van der Waals surface area contributed by atoms with Gasteiger partial charge in [-0.15, -0.1) is 0 Å². The lowest BCUT2D eigenvalue weighted by Crippen LogP contribution is -2.43. The normalized spacial score (nSPS) is 12.1. The number of nitrogen functional groups attached to an aromatic ring is 1. The first-order chi connectivity index (χ1) is 13.5. The molecule has 13 heteroatoms. The fourth-order valence-corrected chi connectivity index (χ4v) is 2.56. The Morgan fingerprint density at radius 1 is 1.28 bits per heavy atom. The van der Waals surface area contributed by atoms with E-state index in [1.165, 1.54) is 6.92 Å². The number of nitrogens with zero attached hydrogens (tertiary/aromatic N) is 2. The lowest BCUT2D eigenvalue weighted by molar-refractivity contribution is -0.147. The Balaban J connectivity index is 2.66. The quantitative estimate of drug-likeness (QED) is 0.518. The molecule has 2 aromatic rings. The second kappa shape index (κ2) is 8.39. The fraction of sp³-hybridized carbons (Fsp3) is 0.250. The minimum atomic E-state index is -3.25. The number of hydrogen-bond donors (Lipinski definition) is 2. The average molecular weight is 436 g/mol. The minimum Gasteiger partial charge on any atom is -0.479 e. The number of aliphatic carboxylic acids is 1. The Bertz CT molecular complexity index is 1100. The molecule has 0 saturated heterocycles. The molecule has 9 nitrogen and oxygen atoms in total. The summed E-state index contributed by atoms with van der Waals surface area (Å²) in [6, 6.07) is 1.55. The molecule has 0 fully saturated rings. The highest BCUT2D eigenvalue weighted by molar-refractivity contribution is 6.33. The monoisotopic (exact) mass is 435 g/mol. The molecule has 1 atom stereocenters. The van der Waals surface area contributed by atoms with Crippen LogP contribution in [0.3, 0.4) is 0 Å². The lowest BCUT2D eigenvalue weighted by atomic mass is 10.1. The highest BCUT2D eigenvalue weighted by atomic mass is 35.5.